The van der Waals surface area contributed by atoms with Crippen molar-refractivity contribution >= 4 is 23.5 Å². The van der Waals surface area contributed by atoms with Crippen molar-refractivity contribution in [3.63, 3.8) is 0 Å². The van der Waals surface area contributed by atoms with Gasteiger partial charge < -0.3 is 10.6 Å². The zero-order chi connectivity index (χ0) is 40.6. The summed E-state index contributed by atoms with van der Waals surface area (Å²) in [4.78, 5) is 9.06. The molecule has 1 atom stereocenters. The van der Waals surface area contributed by atoms with Crippen molar-refractivity contribution < 1.29 is 4.79 Å². The van der Waals surface area contributed by atoms with Gasteiger partial charge in [-0.25, -0.2) is 0 Å². The number of aldehydes is 1. The molecule has 0 aliphatic heterocycles. The number of carbonyl (C=O) groups is 1. The van der Waals surface area contributed by atoms with E-state index in [-0.39, 0.29) is 0 Å². The summed E-state index contributed by atoms with van der Waals surface area (Å²) in [6.07, 6.45) is 18.6. The normalized spacial score (nSPS) is 11.7. The minimum atomic E-state index is 0.416. The molecular weight excluding hydrogens is 644 g/mol. The van der Waals surface area contributed by atoms with E-state index < -0.39 is 0 Å². The Balaban J connectivity index is -0.000000230. The molecule has 0 saturated carbocycles. The highest BCUT2D eigenvalue weighted by Crippen LogP contribution is 2.33. The summed E-state index contributed by atoms with van der Waals surface area (Å²) >= 11 is 6.72. The summed E-state index contributed by atoms with van der Waals surface area (Å²) in [6, 6.07) is 8.41. The number of rotatable bonds is 14. The van der Waals surface area contributed by atoms with Crippen molar-refractivity contribution in [2.45, 2.75) is 140 Å². The van der Waals surface area contributed by atoms with Crippen molar-refractivity contribution in [1.82, 2.24) is 10.6 Å². The first-order valence-corrected chi connectivity index (χ1v) is 19.9. The molecule has 0 bridgehead atoms. The van der Waals surface area contributed by atoms with Crippen LogP contribution in [0.25, 0.3) is 5.57 Å². The Morgan fingerprint density at radius 3 is 1.94 bits per heavy atom. The van der Waals surface area contributed by atoms with E-state index in [2.05, 4.69) is 149 Å². The Labute approximate surface area is 324 Å². The summed E-state index contributed by atoms with van der Waals surface area (Å²) < 4.78 is 0. The summed E-state index contributed by atoms with van der Waals surface area (Å²) in [5, 5.41) is 7.03. The number of carbonyl (C=O) groups excluding carboxylic acids is 1. The van der Waals surface area contributed by atoms with Crippen LogP contribution in [0, 0.1) is 5.92 Å². The second-order valence-electron chi connectivity index (χ2n) is 12.4. The standard InChI is InChI=1S/C24H36ClN.C11H18.C3H4O.C3H8.C2H7N.C2H6.C2H4/c1-8-9-14-26-16-19(6)23(18(4)5)15-24(25)20(7)22-13-11-10-12-21(22)17(2)3;1-3-7-11-9-6-5-8-10(11)4-2;1-2-3-4;2*1-3-2;2*1-2/h10-13,15,17,19,26H,7-9,14,16H2,1-6H3;6,9H,3-5,7-8H2,1-2H3;2-3H,1H2;3H2,1-2H3;3H,1-2H3;1-2H3;1-2H2/b24-15+;;;;;;. The van der Waals surface area contributed by atoms with Crippen LogP contribution in [0.15, 0.2) is 102 Å². The maximum Gasteiger partial charge on any atom is 0.142 e. The van der Waals surface area contributed by atoms with E-state index in [0.717, 1.165) is 29.3 Å². The molecule has 1 aliphatic carbocycles. The van der Waals surface area contributed by atoms with E-state index in [4.69, 9.17) is 16.4 Å². The van der Waals surface area contributed by atoms with E-state index in [0.29, 0.717) is 18.1 Å². The van der Waals surface area contributed by atoms with E-state index in [1.54, 1.807) is 11.1 Å². The van der Waals surface area contributed by atoms with Crippen molar-refractivity contribution in [1.29, 1.82) is 0 Å². The summed E-state index contributed by atoms with van der Waals surface area (Å²) in [5.41, 5.74) is 9.24. The quantitative estimate of drug-likeness (QED) is 0.0659. The lowest BCUT2D eigenvalue weighted by Crippen LogP contribution is -2.23. The Hall–Kier alpha value is -2.72. The zero-order valence-corrected chi connectivity index (χ0v) is 36.8. The van der Waals surface area contributed by atoms with Crippen molar-refractivity contribution in [2.24, 2.45) is 5.92 Å². The third-order valence-electron chi connectivity index (χ3n) is 7.17. The summed E-state index contributed by atoms with van der Waals surface area (Å²) in [7, 11) is 3.75. The highest BCUT2D eigenvalue weighted by molar-refractivity contribution is 6.37. The molecule has 0 heterocycles. The van der Waals surface area contributed by atoms with Gasteiger partial charge in [-0.05, 0) is 118 Å². The highest BCUT2D eigenvalue weighted by atomic mass is 35.5. The van der Waals surface area contributed by atoms with Gasteiger partial charge in [0.15, 0.2) is 0 Å². The van der Waals surface area contributed by atoms with Crippen LogP contribution >= 0.6 is 11.6 Å². The van der Waals surface area contributed by atoms with Gasteiger partial charge in [0.1, 0.15) is 6.29 Å². The van der Waals surface area contributed by atoms with Crippen LogP contribution in [0.4, 0.5) is 0 Å². The first-order chi connectivity index (χ1) is 24.4. The third-order valence-corrected chi connectivity index (χ3v) is 7.51. The lowest BCUT2D eigenvalue weighted by molar-refractivity contribution is -0.104. The van der Waals surface area contributed by atoms with Crippen LogP contribution in [-0.2, 0) is 4.79 Å². The molecular formula is C47H83ClN2O. The van der Waals surface area contributed by atoms with Crippen molar-refractivity contribution in [2.75, 3.05) is 27.2 Å². The van der Waals surface area contributed by atoms with Gasteiger partial charge >= 0.3 is 0 Å². The molecule has 51 heavy (non-hydrogen) atoms. The van der Waals surface area contributed by atoms with Crippen LogP contribution < -0.4 is 10.6 Å². The molecule has 4 heteroatoms. The molecule has 0 saturated heterocycles. The number of halogens is 1. The number of unbranched alkanes of at least 4 members (excludes halogenated alkanes) is 1. The SMILES string of the molecule is C=C.C=C(/C(Cl)=C\C(=C(C)C)C(C)CNCCCC)c1ccccc1C(C)C.C=CC=O.CC.CCC.CCCC1=C(CC)CCC=C1.CNC. The Morgan fingerprint density at radius 2 is 1.51 bits per heavy atom. The van der Waals surface area contributed by atoms with Gasteiger partial charge in [-0.2, -0.15) is 0 Å². The van der Waals surface area contributed by atoms with Gasteiger partial charge in [0, 0.05) is 11.6 Å². The second-order valence-corrected chi connectivity index (χ2v) is 12.8. The van der Waals surface area contributed by atoms with Crippen LogP contribution in [0.1, 0.15) is 151 Å². The summed E-state index contributed by atoms with van der Waals surface area (Å²) in [6.45, 7) is 41.4. The van der Waals surface area contributed by atoms with Gasteiger partial charge in [-0.1, -0.05) is 161 Å². The number of benzene rings is 1. The molecule has 294 valence electrons. The average molecular weight is 728 g/mol. The van der Waals surface area contributed by atoms with E-state index >= 15 is 0 Å². The monoisotopic (exact) mass is 727 g/mol. The fourth-order valence-corrected chi connectivity index (χ4v) is 5.05. The topological polar surface area (TPSA) is 41.1 Å². The predicted molar refractivity (Wildman–Crippen MR) is 239 cm³/mol. The number of allylic oxidation sites excluding steroid dienone is 9. The molecule has 1 unspecified atom stereocenters. The third kappa shape index (κ3) is 31.7. The molecule has 0 radical (unpaired) electrons. The van der Waals surface area contributed by atoms with Gasteiger partial charge in [0.2, 0.25) is 0 Å². The lowest BCUT2D eigenvalue weighted by Gasteiger charge is -2.18. The Kier molecular flexibility index (Phi) is 49.1. The molecule has 0 aromatic heterocycles. The van der Waals surface area contributed by atoms with Gasteiger partial charge in [0.05, 0.1) is 0 Å². The Bertz CT molecular complexity index is 1100. The highest BCUT2D eigenvalue weighted by Gasteiger charge is 2.14. The molecule has 2 N–H and O–H groups in total. The van der Waals surface area contributed by atoms with Crippen LogP contribution in [-0.4, -0.2) is 33.5 Å². The fourth-order valence-electron chi connectivity index (χ4n) is 4.83. The molecule has 0 amide bonds. The summed E-state index contributed by atoms with van der Waals surface area (Å²) in [5.74, 6) is 0.857. The Morgan fingerprint density at radius 1 is 0.980 bits per heavy atom. The molecule has 3 nitrogen and oxygen atoms in total. The fraction of sp³-hybridized carbons (Fsp3) is 0.553. The molecule has 2 rings (SSSR count). The lowest BCUT2D eigenvalue weighted by atomic mass is 9.91. The van der Waals surface area contributed by atoms with E-state index in [1.165, 1.54) is 74.2 Å². The van der Waals surface area contributed by atoms with Gasteiger partial charge in [0.25, 0.3) is 0 Å². The zero-order valence-electron chi connectivity index (χ0n) is 36.0. The van der Waals surface area contributed by atoms with Crippen LogP contribution in [0.3, 0.4) is 0 Å². The maximum atomic E-state index is 9.06. The van der Waals surface area contributed by atoms with Crippen molar-refractivity contribution in [3.8, 4) is 0 Å². The number of nitrogens with one attached hydrogen (secondary N) is 2. The number of hydrogen-bond donors (Lipinski definition) is 2. The maximum absolute atomic E-state index is 9.06. The first kappa shape index (κ1) is 57.6. The van der Waals surface area contributed by atoms with Gasteiger partial charge in [-0.15, -0.1) is 13.2 Å². The molecule has 0 fully saturated rings. The first-order valence-electron chi connectivity index (χ1n) is 19.5. The van der Waals surface area contributed by atoms with Crippen molar-refractivity contribution in [3.05, 3.63) is 113 Å². The van der Waals surface area contributed by atoms with Crippen LogP contribution in [0.2, 0.25) is 0 Å². The largest absolute Gasteiger partial charge is 0.323 e. The minimum Gasteiger partial charge on any atom is -0.323 e. The second kappa shape index (κ2) is 43.4. The minimum absolute atomic E-state index is 0.416. The van der Waals surface area contributed by atoms with E-state index in [9.17, 15) is 0 Å². The van der Waals surface area contributed by atoms with Gasteiger partial charge in [-0.3, -0.25) is 4.79 Å². The molecule has 1 aromatic carbocycles. The van der Waals surface area contributed by atoms with Crippen LogP contribution in [0.5, 0.6) is 0 Å². The van der Waals surface area contributed by atoms with E-state index in [1.807, 2.05) is 27.9 Å². The smallest absolute Gasteiger partial charge is 0.142 e. The predicted octanol–water partition coefficient (Wildman–Crippen LogP) is 14.6. The molecule has 1 aromatic rings. The molecule has 0 spiro atoms. The molecule has 1 aliphatic rings. The number of hydrogen-bond acceptors (Lipinski definition) is 3. The average Bonchev–Trinajstić information content (AvgIpc) is 3.14.